The fourth-order valence-corrected chi connectivity index (χ4v) is 4.44. The van der Waals surface area contributed by atoms with Gasteiger partial charge < -0.3 is 10.1 Å². The summed E-state index contributed by atoms with van der Waals surface area (Å²) in [6, 6.07) is 0.0305. The third-order valence-corrected chi connectivity index (χ3v) is 5.68. The number of rotatable bonds is 6. The van der Waals surface area contributed by atoms with Crippen molar-refractivity contribution < 1.29 is 13.2 Å². The van der Waals surface area contributed by atoms with E-state index < -0.39 is 10.2 Å². The maximum Gasteiger partial charge on any atom is 0.279 e. The fourth-order valence-electron chi connectivity index (χ4n) is 2.86. The van der Waals surface area contributed by atoms with Crippen molar-refractivity contribution in [3.05, 3.63) is 0 Å². The second kappa shape index (κ2) is 7.70. The molecule has 2 aliphatic rings. The second-order valence-electron chi connectivity index (χ2n) is 5.68. The molecule has 0 aromatic heterocycles. The topological polar surface area (TPSA) is 70.7 Å². The van der Waals surface area contributed by atoms with E-state index in [4.69, 9.17) is 4.74 Å². The Bertz CT molecular complexity index is 382. The zero-order chi connectivity index (χ0) is 14.4. The molecule has 20 heavy (non-hydrogen) atoms. The van der Waals surface area contributed by atoms with E-state index in [2.05, 4.69) is 17.0 Å². The summed E-state index contributed by atoms with van der Waals surface area (Å²) in [6.45, 7) is 6.48. The number of piperidine rings is 1. The van der Waals surface area contributed by atoms with Gasteiger partial charge in [0, 0.05) is 32.3 Å². The molecule has 1 atom stereocenters. The van der Waals surface area contributed by atoms with E-state index in [1.807, 2.05) is 0 Å². The maximum atomic E-state index is 12.4. The van der Waals surface area contributed by atoms with E-state index in [0.717, 1.165) is 38.8 Å². The van der Waals surface area contributed by atoms with Crippen LogP contribution in [0.15, 0.2) is 0 Å². The Morgan fingerprint density at radius 1 is 1.25 bits per heavy atom. The first-order valence-corrected chi connectivity index (χ1v) is 9.11. The quantitative estimate of drug-likeness (QED) is 0.741. The van der Waals surface area contributed by atoms with Gasteiger partial charge in [-0.2, -0.15) is 17.4 Å². The predicted octanol–water partition coefficient (Wildman–Crippen LogP) is 0.321. The third-order valence-electron chi connectivity index (χ3n) is 4.04. The molecule has 0 aromatic carbocycles. The Balaban J connectivity index is 1.87. The highest BCUT2D eigenvalue weighted by atomic mass is 32.2. The Morgan fingerprint density at radius 3 is 2.70 bits per heavy atom. The molecule has 2 saturated heterocycles. The van der Waals surface area contributed by atoms with Crippen LogP contribution in [0.3, 0.4) is 0 Å². The molecular formula is C13H27N3O3S. The highest BCUT2D eigenvalue weighted by molar-refractivity contribution is 7.87. The van der Waals surface area contributed by atoms with E-state index in [1.54, 1.807) is 4.31 Å². The van der Waals surface area contributed by atoms with E-state index in [0.29, 0.717) is 32.2 Å². The fraction of sp³-hybridized carbons (Fsp3) is 1.00. The zero-order valence-corrected chi connectivity index (χ0v) is 13.1. The van der Waals surface area contributed by atoms with Crippen molar-refractivity contribution in [1.29, 1.82) is 0 Å². The summed E-state index contributed by atoms with van der Waals surface area (Å²) < 4.78 is 34.6. The van der Waals surface area contributed by atoms with Gasteiger partial charge in [-0.05, 0) is 44.7 Å². The molecule has 0 bridgehead atoms. The smallest absolute Gasteiger partial charge is 0.279 e. The van der Waals surface area contributed by atoms with E-state index >= 15 is 0 Å². The molecule has 0 aromatic rings. The van der Waals surface area contributed by atoms with Gasteiger partial charge >= 0.3 is 0 Å². The molecule has 2 N–H and O–H groups in total. The number of nitrogens with zero attached hydrogens (tertiary/aromatic N) is 1. The lowest BCUT2D eigenvalue weighted by Crippen LogP contribution is -2.51. The van der Waals surface area contributed by atoms with Crippen LogP contribution in [0.25, 0.3) is 0 Å². The van der Waals surface area contributed by atoms with Crippen LogP contribution in [0.2, 0.25) is 0 Å². The van der Waals surface area contributed by atoms with Gasteiger partial charge in [-0.15, -0.1) is 0 Å². The van der Waals surface area contributed by atoms with Crippen LogP contribution < -0.4 is 10.0 Å². The average molecular weight is 305 g/mol. The van der Waals surface area contributed by atoms with Crippen molar-refractivity contribution in [3.8, 4) is 0 Å². The third kappa shape index (κ3) is 4.66. The molecule has 2 aliphatic heterocycles. The average Bonchev–Trinajstić information content (AvgIpc) is 2.46. The maximum absolute atomic E-state index is 12.4. The number of ether oxygens (including phenoxy) is 1. The highest BCUT2D eigenvalue weighted by Crippen LogP contribution is 2.19. The molecule has 2 heterocycles. The number of hydrogen-bond acceptors (Lipinski definition) is 4. The zero-order valence-electron chi connectivity index (χ0n) is 12.3. The van der Waals surface area contributed by atoms with E-state index in [1.165, 1.54) is 0 Å². The minimum Gasteiger partial charge on any atom is -0.381 e. The number of nitrogens with one attached hydrogen (secondary N) is 2. The normalized spacial score (nSPS) is 26.8. The summed E-state index contributed by atoms with van der Waals surface area (Å²) in [7, 11) is -3.34. The van der Waals surface area contributed by atoms with Gasteiger partial charge in [0.1, 0.15) is 0 Å². The molecule has 0 spiro atoms. The summed E-state index contributed by atoms with van der Waals surface area (Å²) in [5.41, 5.74) is 0. The van der Waals surface area contributed by atoms with Gasteiger partial charge in [-0.3, -0.25) is 0 Å². The van der Waals surface area contributed by atoms with E-state index in [9.17, 15) is 8.42 Å². The molecular weight excluding hydrogens is 278 g/mol. The minimum atomic E-state index is -3.34. The molecule has 0 saturated carbocycles. The van der Waals surface area contributed by atoms with Gasteiger partial charge in [-0.25, -0.2) is 0 Å². The summed E-state index contributed by atoms with van der Waals surface area (Å²) in [5.74, 6) is 0.426. The van der Waals surface area contributed by atoms with Gasteiger partial charge in [0.2, 0.25) is 0 Å². The molecule has 0 radical (unpaired) electrons. The van der Waals surface area contributed by atoms with Gasteiger partial charge in [-0.1, -0.05) is 6.92 Å². The summed E-state index contributed by atoms with van der Waals surface area (Å²) in [4.78, 5) is 0. The van der Waals surface area contributed by atoms with Crippen LogP contribution in [0.5, 0.6) is 0 Å². The second-order valence-corrected chi connectivity index (χ2v) is 7.39. The van der Waals surface area contributed by atoms with Crippen molar-refractivity contribution in [2.45, 2.75) is 38.6 Å². The van der Waals surface area contributed by atoms with Gasteiger partial charge in [0.15, 0.2) is 0 Å². The first kappa shape index (κ1) is 16.2. The molecule has 2 fully saturated rings. The summed E-state index contributed by atoms with van der Waals surface area (Å²) in [5, 5.41) is 3.31. The molecule has 0 amide bonds. The van der Waals surface area contributed by atoms with Crippen molar-refractivity contribution >= 4 is 10.2 Å². The summed E-state index contributed by atoms with van der Waals surface area (Å²) in [6.07, 6.45) is 3.60. The van der Waals surface area contributed by atoms with Crippen molar-refractivity contribution in [2.75, 3.05) is 39.4 Å². The van der Waals surface area contributed by atoms with E-state index in [-0.39, 0.29) is 6.04 Å². The van der Waals surface area contributed by atoms with Crippen LogP contribution in [0, 0.1) is 5.92 Å². The lowest BCUT2D eigenvalue weighted by molar-refractivity contribution is 0.0826. The standard InChI is InChI=1S/C13H27N3O3S/c1-2-14-10-12-4-3-7-16(11-12)20(17,18)15-13-5-8-19-9-6-13/h12-15H,2-11H2,1H3. The Labute approximate surface area is 122 Å². The van der Waals surface area contributed by atoms with Crippen molar-refractivity contribution in [2.24, 2.45) is 5.92 Å². The Kier molecular flexibility index (Phi) is 6.22. The monoisotopic (exact) mass is 305 g/mol. The van der Waals surface area contributed by atoms with Crippen molar-refractivity contribution in [3.63, 3.8) is 0 Å². The largest absolute Gasteiger partial charge is 0.381 e. The SMILES string of the molecule is CCNCC1CCCN(S(=O)(=O)NC2CCOCC2)C1. The van der Waals surface area contributed by atoms with Crippen molar-refractivity contribution in [1.82, 2.24) is 14.3 Å². The van der Waals surface area contributed by atoms with Crippen LogP contribution in [0.1, 0.15) is 32.6 Å². The molecule has 2 rings (SSSR count). The first-order valence-electron chi connectivity index (χ1n) is 7.67. The lowest BCUT2D eigenvalue weighted by Gasteiger charge is -2.33. The van der Waals surface area contributed by atoms with Crippen LogP contribution in [-0.4, -0.2) is 58.2 Å². The Hall–Kier alpha value is -0.210. The van der Waals surface area contributed by atoms with Crippen LogP contribution >= 0.6 is 0 Å². The molecule has 1 unspecified atom stereocenters. The first-order chi connectivity index (χ1) is 9.62. The molecule has 7 heteroatoms. The minimum absolute atomic E-state index is 0.0305. The summed E-state index contributed by atoms with van der Waals surface area (Å²) >= 11 is 0. The van der Waals surface area contributed by atoms with Crippen LogP contribution in [0.4, 0.5) is 0 Å². The lowest BCUT2D eigenvalue weighted by atomic mass is 10.00. The number of hydrogen-bond donors (Lipinski definition) is 2. The molecule has 0 aliphatic carbocycles. The van der Waals surface area contributed by atoms with Gasteiger partial charge in [0.05, 0.1) is 0 Å². The van der Waals surface area contributed by atoms with Crippen LogP contribution in [-0.2, 0) is 14.9 Å². The molecule has 118 valence electrons. The Morgan fingerprint density at radius 2 is 2.00 bits per heavy atom. The predicted molar refractivity (Wildman–Crippen MR) is 78.7 cm³/mol. The molecule has 6 nitrogen and oxygen atoms in total. The highest BCUT2D eigenvalue weighted by Gasteiger charge is 2.30. The van der Waals surface area contributed by atoms with Gasteiger partial charge in [0.25, 0.3) is 10.2 Å².